The molecule has 13 nitrogen and oxygen atoms in total. The number of hydrogen-bond acceptors (Lipinski definition) is 11. The van der Waals surface area contributed by atoms with E-state index in [9.17, 15) is 24.5 Å². The number of carbonyl (C=O) groups excluding carboxylic acids is 1. The molecule has 4 N–H and O–H groups in total. The van der Waals surface area contributed by atoms with Crippen molar-refractivity contribution in [2.75, 3.05) is 11.9 Å². The van der Waals surface area contributed by atoms with Crippen LogP contribution in [-0.4, -0.2) is 83.7 Å². The Balaban J connectivity index is 1.05. The zero-order valence-electron chi connectivity index (χ0n) is 22.6. The molecule has 6 aliphatic rings. The quantitative estimate of drug-likeness (QED) is 0.311. The maximum atomic E-state index is 14.5. The van der Waals surface area contributed by atoms with Gasteiger partial charge in [-0.2, -0.15) is 14.4 Å². The van der Waals surface area contributed by atoms with E-state index in [0.29, 0.717) is 30.6 Å². The third-order valence-corrected chi connectivity index (χ3v) is 9.65. The Bertz CT molecular complexity index is 1280. The number of amides is 1. The van der Waals surface area contributed by atoms with Crippen LogP contribution >= 0.6 is 0 Å². The van der Waals surface area contributed by atoms with Gasteiger partial charge in [-0.15, -0.1) is 0 Å². The Labute approximate surface area is 235 Å². The van der Waals surface area contributed by atoms with Crippen molar-refractivity contribution in [3.05, 3.63) is 12.4 Å². The molecule has 41 heavy (non-hydrogen) atoms. The van der Waals surface area contributed by atoms with E-state index in [2.05, 4.69) is 20.3 Å². The normalized spacial score (nSPS) is 40.4. The minimum Gasteiger partial charge on any atom is -0.446 e. The van der Waals surface area contributed by atoms with E-state index in [-0.39, 0.29) is 23.1 Å². The number of halogens is 1. The van der Waals surface area contributed by atoms with Gasteiger partial charge in [0.1, 0.15) is 30.0 Å². The molecule has 4 bridgehead atoms. The molecule has 14 heteroatoms. The Morgan fingerprint density at radius 2 is 1.90 bits per heavy atom. The number of hydrogen-bond donors (Lipinski definition) is 4. The monoisotopic (exact) mass is 577 g/mol. The molecule has 3 saturated carbocycles. The van der Waals surface area contributed by atoms with Crippen LogP contribution < -0.4 is 5.32 Å². The first kappa shape index (κ1) is 27.3. The molecule has 0 radical (unpaired) electrons. The van der Waals surface area contributed by atoms with Crippen molar-refractivity contribution >= 4 is 23.1 Å². The van der Waals surface area contributed by atoms with Crippen LogP contribution in [0.15, 0.2) is 6.33 Å². The van der Waals surface area contributed by atoms with E-state index in [0.717, 1.165) is 32.1 Å². The number of imidazole rings is 1. The summed E-state index contributed by atoms with van der Waals surface area (Å²) in [6.07, 6.45) is 3.58. The summed E-state index contributed by atoms with van der Waals surface area (Å²) in [7, 11) is 0. The number of aromatic nitrogens is 4. The highest BCUT2D eigenvalue weighted by Gasteiger charge is 2.48. The lowest BCUT2D eigenvalue weighted by atomic mass is 9.64. The number of carbonyl (C=O) groups is 1. The molecule has 3 saturated heterocycles. The SMILES string of the molecule is O=C(Nc1nc(F)nc2c1ncn2[C@@H]1O[C@H](CO)[C@@H](O)[C@@H]1O)OC1CCC[C@]2(CC3CC4CC(C3)CC(C4)OO2)C1. The van der Waals surface area contributed by atoms with Crippen molar-refractivity contribution in [1.82, 2.24) is 19.5 Å². The molecule has 3 unspecified atom stereocenters. The van der Waals surface area contributed by atoms with Crippen molar-refractivity contribution in [1.29, 1.82) is 0 Å². The van der Waals surface area contributed by atoms with Gasteiger partial charge in [-0.1, -0.05) is 0 Å². The van der Waals surface area contributed by atoms with E-state index in [1.54, 1.807) is 0 Å². The molecule has 8 rings (SSSR count). The zero-order chi connectivity index (χ0) is 28.3. The van der Waals surface area contributed by atoms with E-state index in [4.69, 9.17) is 19.2 Å². The Kier molecular flexibility index (Phi) is 7.11. The highest BCUT2D eigenvalue weighted by atomic mass is 19.1. The van der Waals surface area contributed by atoms with Crippen LogP contribution in [0.2, 0.25) is 0 Å². The molecule has 6 fully saturated rings. The van der Waals surface area contributed by atoms with Gasteiger partial charge in [0.05, 0.1) is 19.0 Å². The standard InChI is InChI=1S/C27H36FN5O8/c28-25-30-22(19-23(32-25)33(12-29-19)24-21(36)20(35)18(11-34)39-24)31-26(37)38-16-2-1-3-27(10-16)9-15-5-13-4-14(6-15)8-17(7-13)40-41-27/h12-18,20-21,24,34-36H,1-11H2,(H,30,31,32,37)/t13?,14?,15?,16?,17?,18-,20-,21+,24-,27+/m1/s1. The number of rotatable bonds is 4. The van der Waals surface area contributed by atoms with Gasteiger partial charge in [0.15, 0.2) is 23.2 Å². The van der Waals surface area contributed by atoms with Crippen LogP contribution in [0, 0.1) is 23.8 Å². The van der Waals surface area contributed by atoms with Crippen LogP contribution in [0.25, 0.3) is 11.2 Å². The molecule has 1 spiro atoms. The van der Waals surface area contributed by atoms with Crippen LogP contribution in [0.3, 0.4) is 0 Å². The second-order valence-electron chi connectivity index (χ2n) is 12.6. The Morgan fingerprint density at radius 1 is 1.12 bits per heavy atom. The predicted octanol–water partition coefficient (Wildman–Crippen LogP) is 2.35. The minimum absolute atomic E-state index is 0.0417. The Morgan fingerprint density at radius 3 is 2.66 bits per heavy atom. The zero-order valence-corrected chi connectivity index (χ0v) is 22.6. The molecule has 2 aromatic rings. The van der Waals surface area contributed by atoms with Crippen molar-refractivity contribution in [2.24, 2.45) is 17.8 Å². The summed E-state index contributed by atoms with van der Waals surface area (Å²) in [6, 6.07) is 0. The fraction of sp³-hybridized carbons (Fsp3) is 0.778. The highest BCUT2D eigenvalue weighted by Crippen LogP contribution is 2.50. The molecule has 3 aliphatic carbocycles. The molecule has 2 aromatic heterocycles. The summed E-state index contributed by atoms with van der Waals surface area (Å²) in [6.45, 7) is -0.523. The molecule has 8 atom stereocenters. The molecule has 224 valence electrons. The fourth-order valence-corrected chi connectivity index (χ4v) is 8.09. The maximum Gasteiger partial charge on any atom is 0.413 e. The first-order chi connectivity index (χ1) is 19.8. The largest absolute Gasteiger partial charge is 0.446 e. The number of anilines is 1. The minimum atomic E-state index is -1.42. The lowest BCUT2D eigenvalue weighted by Gasteiger charge is -2.42. The van der Waals surface area contributed by atoms with Crippen molar-refractivity contribution in [2.45, 2.75) is 107 Å². The van der Waals surface area contributed by atoms with Crippen LogP contribution in [0.4, 0.5) is 15.0 Å². The summed E-state index contributed by atoms with van der Waals surface area (Å²) in [5.41, 5.74) is -0.529. The summed E-state index contributed by atoms with van der Waals surface area (Å²) in [4.78, 5) is 36.9. The highest BCUT2D eigenvalue weighted by molar-refractivity contribution is 5.93. The van der Waals surface area contributed by atoms with Crippen LogP contribution in [0.1, 0.15) is 70.4 Å². The van der Waals surface area contributed by atoms with Gasteiger partial charge in [-0.3, -0.25) is 9.88 Å². The third-order valence-electron chi connectivity index (χ3n) is 9.65. The van der Waals surface area contributed by atoms with Gasteiger partial charge in [-0.25, -0.2) is 19.6 Å². The molecular formula is C27H36FN5O8. The molecule has 1 amide bonds. The van der Waals surface area contributed by atoms with E-state index >= 15 is 0 Å². The number of fused-ring (bicyclic) bond motifs is 2. The first-order valence-electron chi connectivity index (χ1n) is 14.6. The van der Waals surface area contributed by atoms with E-state index in [1.165, 1.54) is 30.2 Å². The molecule has 0 aromatic carbocycles. The molecular weight excluding hydrogens is 541 g/mol. The van der Waals surface area contributed by atoms with Gasteiger partial charge in [-0.05, 0) is 75.5 Å². The van der Waals surface area contributed by atoms with Gasteiger partial charge < -0.3 is 24.8 Å². The number of aliphatic hydroxyl groups is 3. The number of nitrogens with one attached hydrogen (secondary N) is 1. The first-order valence-corrected chi connectivity index (χ1v) is 14.6. The van der Waals surface area contributed by atoms with Crippen molar-refractivity contribution in [3.63, 3.8) is 0 Å². The predicted molar refractivity (Wildman–Crippen MR) is 138 cm³/mol. The lowest BCUT2D eigenvalue weighted by molar-refractivity contribution is -0.396. The van der Waals surface area contributed by atoms with Gasteiger partial charge in [0, 0.05) is 6.42 Å². The topological polar surface area (TPSA) is 170 Å². The van der Waals surface area contributed by atoms with Crippen molar-refractivity contribution in [3.8, 4) is 0 Å². The molecule has 3 aliphatic heterocycles. The van der Waals surface area contributed by atoms with Crippen LogP contribution in [0.5, 0.6) is 0 Å². The van der Waals surface area contributed by atoms with Gasteiger partial charge >= 0.3 is 12.2 Å². The maximum absolute atomic E-state index is 14.5. The van der Waals surface area contributed by atoms with E-state index in [1.807, 2.05) is 0 Å². The smallest absolute Gasteiger partial charge is 0.413 e. The summed E-state index contributed by atoms with van der Waals surface area (Å²) in [5.74, 6) is 1.79. The fourth-order valence-electron chi connectivity index (χ4n) is 8.09. The number of aliphatic hydroxyl groups excluding tert-OH is 3. The Hall–Kier alpha value is -2.49. The number of nitrogens with zero attached hydrogens (tertiary/aromatic N) is 4. The van der Waals surface area contributed by atoms with Gasteiger partial charge in [0.2, 0.25) is 0 Å². The van der Waals surface area contributed by atoms with Gasteiger partial charge in [0.25, 0.3) is 0 Å². The van der Waals surface area contributed by atoms with Crippen molar-refractivity contribution < 1.29 is 43.8 Å². The second-order valence-corrected chi connectivity index (χ2v) is 12.6. The summed E-state index contributed by atoms with van der Waals surface area (Å²) < 4.78 is 27.0. The third kappa shape index (κ3) is 5.19. The average Bonchev–Trinajstić information content (AvgIpc) is 3.48. The van der Waals surface area contributed by atoms with E-state index < -0.39 is 55.0 Å². The average molecular weight is 578 g/mol. The summed E-state index contributed by atoms with van der Waals surface area (Å²) >= 11 is 0. The van der Waals surface area contributed by atoms with Crippen LogP contribution in [-0.2, 0) is 19.2 Å². The number of ether oxygens (including phenoxy) is 2. The summed E-state index contributed by atoms with van der Waals surface area (Å²) in [5, 5.41) is 32.4. The second kappa shape index (κ2) is 10.7. The lowest BCUT2D eigenvalue weighted by Crippen LogP contribution is -2.43. The molecule has 5 heterocycles.